The van der Waals surface area contributed by atoms with Crippen molar-refractivity contribution in [2.24, 2.45) is 10.9 Å². The van der Waals surface area contributed by atoms with Gasteiger partial charge in [0.05, 0.1) is 13.2 Å². The van der Waals surface area contributed by atoms with Crippen LogP contribution in [0.4, 0.5) is 0 Å². The van der Waals surface area contributed by atoms with Gasteiger partial charge < -0.3 is 25.2 Å². The summed E-state index contributed by atoms with van der Waals surface area (Å²) < 4.78 is 16.6. The Bertz CT molecular complexity index is 504. The highest BCUT2D eigenvalue weighted by Gasteiger charge is 2.23. The minimum Gasteiger partial charge on any atom is -0.497 e. The Morgan fingerprint density at radius 3 is 2.57 bits per heavy atom. The number of rotatable bonds is 5. The lowest BCUT2D eigenvalue weighted by molar-refractivity contribution is 0.0209. The molecular formula is C15H22N2O4. The Balaban J connectivity index is 2.15. The maximum Gasteiger partial charge on any atom is 0.170 e. The van der Waals surface area contributed by atoms with Gasteiger partial charge in [0, 0.05) is 25.2 Å². The highest BCUT2D eigenvalue weighted by Crippen LogP contribution is 2.28. The first-order valence-corrected chi connectivity index (χ1v) is 7.02. The summed E-state index contributed by atoms with van der Waals surface area (Å²) in [6.45, 7) is 0. The van der Waals surface area contributed by atoms with Crippen LogP contribution in [0.2, 0.25) is 0 Å². The predicted octanol–water partition coefficient (Wildman–Crippen LogP) is 2.13. The Morgan fingerprint density at radius 1 is 1.19 bits per heavy atom. The molecule has 116 valence electrons. The molecule has 0 heterocycles. The molecule has 1 aliphatic carbocycles. The zero-order valence-corrected chi connectivity index (χ0v) is 12.4. The maximum atomic E-state index is 8.80. The predicted molar refractivity (Wildman–Crippen MR) is 79.2 cm³/mol. The topological polar surface area (TPSA) is 86.3 Å². The molecule has 2 atom stereocenters. The third-order valence-corrected chi connectivity index (χ3v) is 3.73. The molecule has 0 saturated heterocycles. The third-order valence-electron chi connectivity index (χ3n) is 3.73. The Morgan fingerprint density at radius 2 is 1.90 bits per heavy atom. The summed E-state index contributed by atoms with van der Waals surface area (Å²) in [5.74, 6) is 1.28. The highest BCUT2D eigenvalue weighted by molar-refractivity contribution is 5.97. The van der Waals surface area contributed by atoms with Crippen LogP contribution in [0.1, 0.15) is 31.2 Å². The second-order valence-electron chi connectivity index (χ2n) is 5.15. The highest BCUT2D eigenvalue weighted by atomic mass is 16.5. The number of amidine groups is 1. The van der Waals surface area contributed by atoms with E-state index >= 15 is 0 Å². The monoisotopic (exact) mass is 294 g/mol. The Labute approximate surface area is 124 Å². The molecule has 6 nitrogen and oxygen atoms in total. The van der Waals surface area contributed by atoms with Gasteiger partial charge in [-0.1, -0.05) is 5.16 Å². The largest absolute Gasteiger partial charge is 0.497 e. The van der Waals surface area contributed by atoms with E-state index in [9.17, 15) is 0 Å². The van der Waals surface area contributed by atoms with Gasteiger partial charge in [0.2, 0.25) is 0 Å². The molecule has 0 aromatic heterocycles. The first-order valence-electron chi connectivity index (χ1n) is 7.02. The van der Waals surface area contributed by atoms with Crippen LogP contribution >= 0.6 is 0 Å². The summed E-state index contributed by atoms with van der Waals surface area (Å²) >= 11 is 0. The van der Waals surface area contributed by atoms with Crippen molar-refractivity contribution >= 4 is 5.84 Å². The van der Waals surface area contributed by atoms with E-state index in [-0.39, 0.29) is 18.0 Å². The summed E-state index contributed by atoms with van der Waals surface area (Å²) in [7, 11) is 3.30. The van der Waals surface area contributed by atoms with Crippen LogP contribution < -0.4 is 15.2 Å². The summed E-state index contributed by atoms with van der Waals surface area (Å²) in [5.41, 5.74) is 6.19. The number of ether oxygens (including phenoxy) is 3. The van der Waals surface area contributed by atoms with Crippen LogP contribution in [0, 0.1) is 0 Å². The van der Waals surface area contributed by atoms with E-state index in [0.29, 0.717) is 17.1 Å². The fourth-order valence-electron chi connectivity index (χ4n) is 2.58. The molecule has 0 radical (unpaired) electrons. The van der Waals surface area contributed by atoms with Gasteiger partial charge >= 0.3 is 0 Å². The van der Waals surface area contributed by atoms with Crippen molar-refractivity contribution in [3.63, 3.8) is 0 Å². The van der Waals surface area contributed by atoms with Crippen molar-refractivity contribution in [2.45, 2.75) is 37.9 Å². The normalized spacial score (nSPS) is 22.9. The summed E-state index contributed by atoms with van der Waals surface area (Å²) in [5, 5.41) is 11.8. The van der Waals surface area contributed by atoms with Gasteiger partial charge in [0.25, 0.3) is 0 Å². The van der Waals surface area contributed by atoms with Gasteiger partial charge in [-0.2, -0.15) is 0 Å². The quantitative estimate of drug-likeness (QED) is 0.376. The van der Waals surface area contributed by atoms with Crippen molar-refractivity contribution in [3.05, 3.63) is 23.8 Å². The van der Waals surface area contributed by atoms with Gasteiger partial charge in [-0.25, -0.2) is 0 Å². The molecule has 1 aromatic carbocycles. The fraction of sp³-hybridized carbons (Fsp3) is 0.533. The number of hydrogen-bond acceptors (Lipinski definition) is 5. The first-order chi connectivity index (χ1) is 10.2. The number of benzene rings is 1. The molecule has 2 unspecified atom stereocenters. The number of hydrogen-bond donors (Lipinski definition) is 2. The molecule has 0 spiro atoms. The molecule has 1 fully saturated rings. The van der Waals surface area contributed by atoms with Crippen LogP contribution in [0.25, 0.3) is 0 Å². The fourth-order valence-corrected chi connectivity index (χ4v) is 2.58. The zero-order valence-electron chi connectivity index (χ0n) is 12.4. The van der Waals surface area contributed by atoms with E-state index in [2.05, 4.69) is 5.16 Å². The van der Waals surface area contributed by atoms with E-state index in [1.54, 1.807) is 32.4 Å². The summed E-state index contributed by atoms with van der Waals surface area (Å²) in [4.78, 5) is 0. The maximum absolute atomic E-state index is 8.80. The van der Waals surface area contributed by atoms with Crippen molar-refractivity contribution in [3.8, 4) is 11.5 Å². The van der Waals surface area contributed by atoms with Gasteiger partial charge in [-0.15, -0.1) is 0 Å². The molecule has 0 bridgehead atoms. The van der Waals surface area contributed by atoms with Gasteiger partial charge in [-0.3, -0.25) is 0 Å². The lowest BCUT2D eigenvalue weighted by atomic mass is 9.95. The SMILES string of the molecule is COc1cc(OC2CCCC(OC)C2)cc(/C(N)=N/O)c1. The first kappa shape index (κ1) is 15.4. The molecule has 1 aromatic rings. The Kier molecular flexibility index (Phi) is 5.27. The zero-order chi connectivity index (χ0) is 15.2. The average molecular weight is 294 g/mol. The molecule has 1 aliphatic rings. The smallest absolute Gasteiger partial charge is 0.170 e. The van der Waals surface area contributed by atoms with E-state index in [1.807, 2.05) is 0 Å². The van der Waals surface area contributed by atoms with E-state index < -0.39 is 0 Å². The number of nitrogens with two attached hydrogens (primary N) is 1. The van der Waals surface area contributed by atoms with Crippen LogP contribution in [0.15, 0.2) is 23.4 Å². The van der Waals surface area contributed by atoms with Crippen molar-refractivity contribution in [1.82, 2.24) is 0 Å². The van der Waals surface area contributed by atoms with Crippen molar-refractivity contribution < 1.29 is 19.4 Å². The van der Waals surface area contributed by atoms with Crippen molar-refractivity contribution in [2.75, 3.05) is 14.2 Å². The molecular weight excluding hydrogens is 272 g/mol. The second-order valence-corrected chi connectivity index (χ2v) is 5.15. The molecule has 21 heavy (non-hydrogen) atoms. The molecule has 3 N–H and O–H groups in total. The summed E-state index contributed by atoms with van der Waals surface area (Å²) in [6.07, 6.45) is 4.38. The number of oxime groups is 1. The second kappa shape index (κ2) is 7.17. The number of nitrogens with zero attached hydrogens (tertiary/aromatic N) is 1. The number of methoxy groups -OCH3 is 2. The van der Waals surface area contributed by atoms with Crippen LogP contribution in [0.5, 0.6) is 11.5 Å². The van der Waals surface area contributed by atoms with E-state index in [4.69, 9.17) is 25.2 Å². The standard InChI is InChI=1S/C15H22N2O4/c1-19-11-4-3-5-12(8-11)21-14-7-10(15(16)17-18)6-13(9-14)20-2/h6-7,9,11-12,18H,3-5,8H2,1-2H3,(H2,16,17). The summed E-state index contributed by atoms with van der Waals surface area (Å²) in [6, 6.07) is 5.24. The Hall–Kier alpha value is -1.95. The lowest BCUT2D eigenvalue weighted by Crippen LogP contribution is -2.29. The molecule has 6 heteroatoms. The molecule has 1 saturated carbocycles. The van der Waals surface area contributed by atoms with E-state index in [0.717, 1.165) is 25.7 Å². The van der Waals surface area contributed by atoms with Gasteiger partial charge in [0.15, 0.2) is 5.84 Å². The lowest BCUT2D eigenvalue weighted by Gasteiger charge is -2.28. The van der Waals surface area contributed by atoms with Crippen molar-refractivity contribution in [1.29, 1.82) is 0 Å². The van der Waals surface area contributed by atoms with E-state index in [1.165, 1.54) is 0 Å². The van der Waals surface area contributed by atoms with Crippen LogP contribution in [0.3, 0.4) is 0 Å². The van der Waals surface area contributed by atoms with Gasteiger partial charge in [-0.05, 0) is 31.4 Å². The van der Waals surface area contributed by atoms with Crippen LogP contribution in [-0.2, 0) is 4.74 Å². The minimum atomic E-state index is 0.0252. The molecule has 2 rings (SSSR count). The molecule has 0 aliphatic heterocycles. The van der Waals surface area contributed by atoms with Crippen LogP contribution in [-0.4, -0.2) is 37.5 Å². The third kappa shape index (κ3) is 4.01. The minimum absolute atomic E-state index is 0.0252. The van der Waals surface area contributed by atoms with Gasteiger partial charge in [0.1, 0.15) is 17.6 Å². The average Bonchev–Trinajstić information content (AvgIpc) is 2.53. The molecule has 0 amide bonds.